The predicted molar refractivity (Wildman–Crippen MR) is 106 cm³/mol. The third-order valence-electron chi connectivity index (χ3n) is 3.66. The maximum atomic E-state index is 12.5. The molecule has 0 unspecified atom stereocenters. The first-order valence-electron chi connectivity index (χ1n) is 8.58. The summed E-state index contributed by atoms with van der Waals surface area (Å²) in [6.45, 7) is 0.936. The van der Waals surface area contributed by atoms with Crippen LogP contribution in [0.4, 0.5) is 13.2 Å². The molecule has 0 spiro atoms. The highest BCUT2D eigenvalue weighted by Gasteiger charge is 2.30. The molecule has 0 atom stereocenters. The van der Waals surface area contributed by atoms with Crippen molar-refractivity contribution in [2.75, 3.05) is 19.8 Å². The number of rotatable bonds is 9. The van der Waals surface area contributed by atoms with Gasteiger partial charge >= 0.3 is 6.18 Å². The minimum atomic E-state index is -4.42. The first-order chi connectivity index (χ1) is 13.8. The van der Waals surface area contributed by atoms with Crippen molar-refractivity contribution < 1.29 is 27.4 Å². The van der Waals surface area contributed by atoms with E-state index in [4.69, 9.17) is 32.7 Å². The summed E-state index contributed by atoms with van der Waals surface area (Å²) in [5, 5.41) is 2.64. The van der Waals surface area contributed by atoms with E-state index in [1.165, 1.54) is 6.08 Å². The van der Waals surface area contributed by atoms with E-state index in [2.05, 4.69) is 5.32 Å². The van der Waals surface area contributed by atoms with Gasteiger partial charge in [-0.15, -0.1) is 0 Å². The monoisotopic (exact) mass is 447 g/mol. The van der Waals surface area contributed by atoms with Crippen LogP contribution in [0.2, 0.25) is 0 Å². The van der Waals surface area contributed by atoms with Crippen molar-refractivity contribution in [3.8, 4) is 11.5 Å². The summed E-state index contributed by atoms with van der Waals surface area (Å²) < 4.78 is 48.7. The van der Waals surface area contributed by atoms with Crippen LogP contribution >= 0.6 is 23.2 Å². The lowest BCUT2D eigenvalue weighted by molar-refractivity contribution is -0.137. The molecule has 1 amide bonds. The smallest absolute Gasteiger partial charge is 0.416 e. The Morgan fingerprint density at radius 2 is 1.55 bits per heavy atom. The van der Waals surface area contributed by atoms with Crippen LogP contribution in [0, 0.1) is 0 Å². The van der Waals surface area contributed by atoms with E-state index in [0.29, 0.717) is 31.1 Å². The molecule has 2 aromatic carbocycles. The molecule has 1 N–H and O–H groups in total. The van der Waals surface area contributed by atoms with Gasteiger partial charge in [-0.05, 0) is 61.0 Å². The van der Waals surface area contributed by atoms with Gasteiger partial charge in [0.25, 0.3) is 5.91 Å². The van der Waals surface area contributed by atoms with Crippen molar-refractivity contribution in [3.05, 3.63) is 70.2 Å². The summed E-state index contributed by atoms with van der Waals surface area (Å²) in [5.41, 5.74) is -0.627. The molecule has 2 aromatic rings. The van der Waals surface area contributed by atoms with E-state index in [9.17, 15) is 18.0 Å². The van der Waals surface area contributed by atoms with Gasteiger partial charge in [-0.3, -0.25) is 4.79 Å². The molecule has 0 aliphatic heterocycles. The second-order valence-electron chi connectivity index (χ2n) is 5.81. The van der Waals surface area contributed by atoms with E-state index in [0.717, 1.165) is 24.3 Å². The number of carbonyl (C=O) groups excluding carboxylic acids is 1. The number of nitrogens with one attached hydrogen (secondary N) is 1. The standard InChI is InChI=1S/C20H18Cl2F3NO3/c21-18(22)10-13-29-17-8-6-16(7-9-17)28-12-1-11-26-19(27)14-2-4-15(5-3-14)20(23,24)25/h2-10H,1,11-13H2,(H,26,27). The van der Waals surface area contributed by atoms with Crippen molar-refractivity contribution in [2.24, 2.45) is 0 Å². The second kappa shape index (κ2) is 11.0. The van der Waals surface area contributed by atoms with Crippen molar-refractivity contribution in [1.82, 2.24) is 5.32 Å². The Kier molecular flexibility index (Phi) is 8.67. The second-order valence-corrected chi connectivity index (χ2v) is 6.82. The zero-order valence-corrected chi connectivity index (χ0v) is 16.7. The van der Waals surface area contributed by atoms with E-state index < -0.39 is 17.6 Å². The highest BCUT2D eigenvalue weighted by atomic mass is 35.5. The molecular formula is C20H18Cl2F3NO3. The summed E-state index contributed by atoms with van der Waals surface area (Å²) >= 11 is 11.0. The molecular weight excluding hydrogens is 430 g/mol. The first-order valence-corrected chi connectivity index (χ1v) is 9.33. The molecule has 156 valence electrons. The van der Waals surface area contributed by atoms with Gasteiger partial charge in [0.15, 0.2) is 0 Å². The number of benzene rings is 2. The van der Waals surface area contributed by atoms with Crippen LogP contribution in [0.25, 0.3) is 0 Å². The number of amides is 1. The van der Waals surface area contributed by atoms with Gasteiger partial charge in [-0.25, -0.2) is 0 Å². The Labute approximate surface area is 176 Å². The number of carbonyl (C=O) groups is 1. The van der Waals surface area contributed by atoms with Crippen LogP contribution in [0.1, 0.15) is 22.3 Å². The van der Waals surface area contributed by atoms with Gasteiger partial charge in [0, 0.05) is 12.1 Å². The fourth-order valence-electron chi connectivity index (χ4n) is 2.21. The Bertz CT molecular complexity index is 818. The zero-order valence-electron chi connectivity index (χ0n) is 15.1. The lowest BCUT2D eigenvalue weighted by Gasteiger charge is -2.09. The van der Waals surface area contributed by atoms with E-state index in [-0.39, 0.29) is 16.7 Å². The Hall–Kier alpha value is -2.38. The minimum absolute atomic E-state index is 0.135. The average Bonchev–Trinajstić information content (AvgIpc) is 2.68. The van der Waals surface area contributed by atoms with Crippen molar-refractivity contribution in [3.63, 3.8) is 0 Å². The largest absolute Gasteiger partial charge is 0.494 e. The van der Waals surface area contributed by atoms with Gasteiger partial charge in [0.05, 0.1) is 12.2 Å². The molecule has 0 saturated heterocycles. The molecule has 0 aliphatic rings. The molecule has 0 bridgehead atoms. The highest BCUT2D eigenvalue weighted by Crippen LogP contribution is 2.29. The zero-order chi connectivity index (χ0) is 21.3. The number of hydrogen-bond donors (Lipinski definition) is 1. The lowest BCUT2D eigenvalue weighted by Crippen LogP contribution is -2.25. The Balaban J connectivity index is 1.67. The normalized spacial score (nSPS) is 10.9. The molecule has 0 aromatic heterocycles. The molecule has 2 rings (SSSR count). The van der Waals surface area contributed by atoms with Crippen molar-refractivity contribution in [2.45, 2.75) is 12.6 Å². The van der Waals surface area contributed by atoms with Gasteiger partial charge in [0.2, 0.25) is 0 Å². The number of hydrogen-bond acceptors (Lipinski definition) is 3. The Morgan fingerprint density at radius 3 is 2.10 bits per heavy atom. The number of alkyl halides is 3. The quantitative estimate of drug-likeness (QED) is 0.508. The Morgan fingerprint density at radius 1 is 0.966 bits per heavy atom. The van der Waals surface area contributed by atoms with Gasteiger partial charge < -0.3 is 14.8 Å². The maximum absolute atomic E-state index is 12.5. The van der Waals surface area contributed by atoms with Crippen LogP contribution in [-0.2, 0) is 6.18 Å². The summed E-state index contributed by atoms with van der Waals surface area (Å²) in [5.74, 6) is 0.829. The summed E-state index contributed by atoms with van der Waals surface area (Å²) in [7, 11) is 0. The SMILES string of the molecule is O=C(NCCCOc1ccc(OCC=C(Cl)Cl)cc1)c1ccc(C(F)(F)F)cc1. The third kappa shape index (κ3) is 8.25. The van der Waals surface area contributed by atoms with E-state index in [1.807, 2.05) is 0 Å². The first kappa shape index (κ1) is 22.9. The van der Waals surface area contributed by atoms with Gasteiger partial charge in [-0.2, -0.15) is 13.2 Å². The fourth-order valence-corrected chi connectivity index (χ4v) is 2.34. The maximum Gasteiger partial charge on any atom is 0.416 e. The third-order valence-corrected chi connectivity index (χ3v) is 3.97. The van der Waals surface area contributed by atoms with Crippen LogP contribution in [0.15, 0.2) is 59.1 Å². The molecule has 0 radical (unpaired) electrons. The molecule has 0 saturated carbocycles. The van der Waals surface area contributed by atoms with Crippen LogP contribution in [-0.4, -0.2) is 25.7 Å². The number of ether oxygens (including phenoxy) is 2. The average molecular weight is 448 g/mol. The molecule has 0 fully saturated rings. The topological polar surface area (TPSA) is 47.6 Å². The van der Waals surface area contributed by atoms with Crippen molar-refractivity contribution >= 4 is 29.1 Å². The predicted octanol–water partition coefficient (Wildman–Crippen LogP) is 5.60. The van der Waals surface area contributed by atoms with Crippen molar-refractivity contribution in [1.29, 1.82) is 0 Å². The molecule has 4 nitrogen and oxygen atoms in total. The van der Waals surface area contributed by atoms with Gasteiger partial charge in [-0.1, -0.05) is 23.2 Å². The fraction of sp³-hybridized carbons (Fsp3) is 0.250. The summed E-state index contributed by atoms with van der Waals surface area (Å²) in [4.78, 5) is 11.9. The summed E-state index contributed by atoms with van der Waals surface area (Å²) in [6, 6.07) is 11.0. The highest BCUT2D eigenvalue weighted by molar-refractivity contribution is 6.55. The summed E-state index contributed by atoms with van der Waals surface area (Å²) in [6.07, 6.45) is -2.37. The molecule has 9 heteroatoms. The van der Waals surface area contributed by atoms with E-state index >= 15 is 0 Å². The van der Waals surface area contributed by atoms with Crippen LogP contribution < -0.4 is 14.8 Å². The van der Waals surface area contributed by atoms with E-state index in [1.54, 1.807) is 24.3 Å². The van der Waals surface area contributed by atoms with Gasteiger partial charge in [0.1, 0.15) is 22.6 Å². The lowest BCUT2D eigenvalue weighted by atomic mass is 10.1. The number of halogens is 5. The molecule has 0 aliphatic carbocycles. The molecule has 0 heterocycles. The molecule has 29 heavy (non-hydrogen) atoms. The minimum Gasteiger partial charge on any atom is -0.494 e. The van der Waals surface area contributed by atoms with Crippen LogP contribution in [0.5, 0.6) is 11.5 Å². The van der Waals surface area contributed by atoms with Crippen LogP contribution in [0.3, 0.4) is 0 Å².